The van der Waals surface area contributed by atoms with Crippen molar-refractivity contribution in [1.82, 2.24) is 9.97 Å². The fraction of sp³-hybridized carbons (Fsp3) is 0.130. The monoisotopic (exact) mass is 358 g/mol. The highest BCUT2D eigenvalue weighted by Gasteiger charge is 2.21. The molecule has 27 heavy (non-hydrogen) atoms. The first-order chi connectivity index (χ1) is 13.1. The molecule has 4 rings (SSSR count). The highest BCUT2D eigenvalue weighted by Crippen LogP contribution is 2.37. The van der Waals surface area contributed by atoms with E-state index in [1.54, 1.807) is 18.3 Å². The molecule has 4 heteroatoms. The van der Waals surface area contributed by atoms with Crippen molar-refractivity contribution in [3.8, 4) is 5.75 Å². The standard InChI is InChI=1S/C23H19FN2O/c1-15-5-6-17-9-12-20(23(27)22(17)26-15)21(14-19-4-2-3-13-25-19)16-7-10-18(24)11-8-16/h2-13,21,27H,14H2,1H3. The minimum Gasteiger partial charge on any atom is -0.505 e. The molecule has 0 bridgehead atoms. The van der Waals surface area contributed by atoms with Gasteiger partial charge in [0.2, 0.25) is 0 Å². The van der Waals surface area contributed by atoms with Crippen LogP contribution < -0.4 is 0 Å². The Kier molecular flexibility index (Phi) is 4.55. The van der Waals surface area contributed by atoms with Gasteiger partial charge in [-0.3, -0.25) is 4.98 Å². The summed E-state index contributed by atoms with van der Waals surface area (Å²) in [6.45, 7) is 1.90. The number of phenolic OH excluding ortho intramolecular Hbond substituents is 1. The summed E-state index contributed by atoms with van der Waals surface area (Å²) in [4.78, 5) is 8.93. The first-order valence-electron chi connectivity index (χ1n) is 8.86. The van der Waals surface area contributed by atoms with Gasteiger partial charge < -0.3 is 5.11 Å². The number of halogens is 1. The van der Waals surface area contributed by atoms with Crippen LogP contribution in [0, 0.1) is 12.7 Å². The van der Waals surface area contributed by atoms with Crippen LogP contribution in [0.5, 0.6) is 5.75 Å². The summed E-state index contributed by atoms with van der Waals surface area (Å²) in [5.41, 5.74) is 4.02. The number of aromatic hydroxyl groups is 1. The van der Waals surface area contributed by atoms with Gasteiger partial charge >= 0.3 is 0 Å². The van der Waals surface area contributed by atoms with E-state index in [1.807, 2.05) is 49.4 Å². The first-order valence-corrected chi connectivity index (χ1v) is 8.86. The zero-order valence-electron chi connectivity index (χ0n) is 14.9. The number of nitrogens with zero attached hydrogens (tertiary/aromatic N) is 2. The predicted molar refractivity (Wildman–Crippen MR) is 104 cm³/mol. The molecule has 3 nitrogen and oxygen atoms in total. The van der Waals surface area contributed by atoms with Crippen molar-refractivity contribution < 1.29 is 9.50 Å². The van der Waals surface area contributed by atoms with Crippen LogP contribution in [0.3, 0.4) is 0 Å². The Morgan fingerprint density at radius 3 is 2.48 bits per heavy atom. The summed E-state index contributed by atoms with van der Waals surface area (Å²) in [5.74, 6) is -0.274. The van der Waals surface area contributed by atoms with E-state index in [-0.39, 0.29) is 17.5 Å². The first kappa shape index (κ1) is 17.2. The number of hydrogen-bond acceptors (Lipinski definition) is 3. The van der Waals surface area contributed by atoms with E-state index in [2.05, 4.69) is 9.97 Å². The molecule has 134 valence electrons. The molecule has 2 aromatic heterocycles. The molecule has 1 N–H and O–H groups in total. The van der Waals surface area contributed by atoms with E-state index in [1.165, 1.54) is 12.1 Å². The molecule has 0 aliphatic heterocycles. The van der Waals surface area contributed by atoms with Crippen molar-refractivity contribution in [3.05, 3.63) is 101 Å². The average molecular weight is 358 g/mol. The molecule has 0 saturated heterocycles. The Balaban J connectivity index is 1.86. The van der Waals surface area contributed by atoms with Crippen LogP contribution in [0.4, 0.5) is 4.39 Å². The third kappa shape index (κ3) is 3.51. The van der Waals surface area contributed by atoms with Crippen molar-refractivity contribution in [2.75, 3.05) is 0 Å². The van der Waals surface area contributed by atoms with Gasteiger partial charge in [0, 0.05) is 40.9 Å². The summed E-state index contributed by atoms with van der Waals surface area (Å²) < 4.78 is 13.4. The van der Waals surface area contributed by atoms with Gasteiger partial charge in [0.25, 0.3) is 0 Å². The Morgan fingerprint density at radius 1 is 0.963 bits per heavy atom. The summed E-state index contributed by atoms with van der Waals surface area (Å²) in [7, 11) is 0. The van der Waals surface area contributed by atoms with E-state index in [0.29, 0.717) is 11.9 Å². The van der Waals surface area contributed by atoms with Crippen LogP contribution >= 0.6 is 0 Å². The number of aromatic nitrogens is 2. The fourth-order valence-electron chi connectivity index (χ4n) is 3.40. The molecule has 0 spiro atoms. The quantitative estimate of drug-likeness (QED) is 0.548. The molecule has 2 heterocycles. The van der Waals surface area contributed by atoms with Crippen molar-refractivity contribution in [1.29, 1.82) is 0 Å². The highest BCUT2D eigenvalue weighted by molar-refractivity contribution is 5.86. The topological polar surface area (TPSA) is 46.0 Å². The average Bonchev–Trinajstić information content (AvgIpc) is 2.69. The molecule has 0 radical (unpaired) electrons. The maximum atomic E-state index is 13.4. The summed E-state index contributed by atoms with van der Waals surface area (Å²) in [6, 6.07) is 19.9. The number of benzene rings is 2. The van der Waals surface area contributed by atoms with E-state index in [4.69, 9.17) is 0 Å². The second kappa shape index (κ2) is 7.16. The Morgan fingerprint density at radius 2 is 1.74 bits per heavy atom. The summed E-state index contributed by atoms with van der Waals surface area (Å²) in [6.07, 6.45) is 2.35. The van der Waals surface area contributed by atoms with Crippen LogP contribution in [-0.4, -0.2) is 15.1 Å². The number of aryl methyl sites for hydroxylation is 1. The molecule has 0 aliphatic rings. The van der Waals surface area contributed by atoms with Gasteiger partial charge in [0.15, 0.2) is 0 Å². The van der Waals surface area contributed by atoms with Gasteiger partial charge in [-0.05, 0) is 42.8 Å². The number of hydrogen-bond donors (Lipinski definition) is 1. The maximum Gasteiger partial charge on any atom is 0.145 e. The fourth-order valence-corrected chi connectivity index (χ4v) is 3.40. The van der Waals surface area contributed by atoms with Gasteiger partial charge in [0.1, 0.15) is 17.1 Å². The molecular formula is C23H19FN2O. The Bertz CT molecular complexity index is 1080. The Hall–Kier alpha value is -3.27. The molecule has 0 saturated carbocycles. The van der Waals surface area contributed by atoms with Crippen molar-refractivity contribution in [2.45, 2.75) is 19.3 Å². The van der Waals surface area contributed by atoms with E-state index < -0.39 is 0 Å². The third-order valence-corrected chi connectivity index (χ3v) is 4.79. The van der Waals surface area contributed by atoms with Gasteiger partial charge in [-0.2, -0.15) is 0 Å². The zero-order valence-corrected chi connectivity index (χ0v) is 14.9. The van der Waals surface area contributed by atoms with E-state index in [0.717, 1.165) is 27.9 Å². The predicted octanol–water partition coefficient (Wildman–Crippen LogP) is 5.16. The van der Waals surface area contributed by atoms with Crippen molar-refractivity contribution >= 4 is 10.9 Å². The van der Waals surface area contributed by atoms with Crippen molar-refractivity contribution in [2.24, 2.45) is 0 Å². The summed E-state index contributed by atoms with van der Waals surface area (Å²) >= 11 is 0. The molecule has 4 aromatic rings. The number of pyridine rings is 2. The molecule has 0 aliphatic carbocycles. The van der Waals surface area contributed by atoms with Crippen LogP contribution in [-0.2, 0) is 6.42 Å². The number of fused-ring (bicyclic) bond motifs is 1. The normalized spacial score (nSPS) is 12.2. The SMILES string of the molecule is Cc1ccc2ccc(C(Cc3ccccn3)c3ccc(F)cc3)c(O)c2n1. The lowest BCUT2D eigenvalue weighted by atomic mass is 9.86. The molecule has 2 aromatic carbocycles. The van der Waals surface area contributed by atoms with Gasteiger partial charge in [0.05, 0.1) is 0 Å². The van der Waals surface area contributed by atoms with Crippen molar-refractivity contribution in [3.63, 3.8) is 0 Å². The molecule has 0 fully saturated rings. The third-order valence-electron chi connectivity index (χ3n) is 4.79. The molecule has 0 amide bonds. The maximum absolute atomic E-state index is 13.4. The lowest BCUT2D eigenvalue weighted by Gasteiger charge is -2.20. The van der Waals surface area contributed by atoms with Gasteiger partial charge in [-0.15, -0.1) is 0 Å². The van der Waals surface area contributed by atoms with Crippen LogP contribution in [0.25, 0.3) is 10.9 Å². The minimum atomic E-state index is -0.282. The summed E-state index contributed by atoms with van der Waals surface area (Å²) in [5, 5.41) is 11.9. The molecule has 1 unspecified atom stereocenters. The lowest BCUT2D eigenvalue weighted by Crippen LogP contribution is -2.07. The molecule has 1 atom stereocenters. The van der Waals surface area contributed by atoms with E-state index >= 15 is 0 Å². The zero-order chi connectivity index (χ0) is 18.8. The van der Waals surface area contributed by atoms with Crippen LogP contribution in [0.2, 0.25) is 0 Å². The Labute approximate surface area is 157 Å². The van der Waals surface area contributed by atoms with Gasteiger partial charge in [-0.25, -0.2) is 9.37 Å². The molecular weight excluding hydrogens is 339 g/mol. The minimum absolute atomic E-state index is 0.160. The van der Waals surface area contributed by atoms with E-state index in [9.17, 15) is 9.50 Å². The number of rotatable bonds is 4. The largest absolute Gasteiger partial charge is 0.505 e. The van der Waals surface area contributed by atoms with Gasteiger partial charge in [-0.1, -0.05) is 36.4 Å². The smallest absolute Gasteiger partial charge is 0.145 e. The second-order valence-corrected chi connectivity index (χ2v) is 6.66. The number of phenols is 1. The lowest BCUT2D eigenvalue weighted by molar-refractivity contribution is 0.469. The van der Waals surface area contributed by atoms with Crippen LogP contribution in [0.15, 0.2) is 72.9 Å². The highest BCUT2D eigenvalue weighted by atomic mass is 19.1. The van der Waals surface area contributed by atoms with Crippen LogP contribution in [0.1, 0.15) is 28.4 Å². The second-order valence-electron chi connectivity index (χ2n) is 6.66.